The van der Waals surface area contributed by atoms with E-state index < -0.39 is 0 Å². The molecule has 0 saturated heterocycles. The van der Waals surface area contributed by atoms with E-state index in [1.807, 2.05) is 24.3 Å². The van der Waals surface area contributed by atoms with E-state index in [4.69, 9.17) is 11.6 Å². The lowest BCUT2D eigenvalue weighted by Gasteiger charge is -2.12. The van der Waals surface area contributed by atoms with Crippen molar-refractivity contribution in [1.29, 1.82) is 0 Å². The van der Waals surface area contributed by atoms with Crippen molar-refractivity contribution in [3.8, 4) is 0 Å². The Morgan fingerprint density at radius 2 is 2.16 bits per heavy atom. The normalized spacial score (nSPS) is 14.7. The van der Waals surface area contributed by atoms with E-state index in [0.29, 0.717) is 13.1 Å². The summed E-state index contributed by atoms with van der Waals surface area (Å²) < 4.78 is 2.25. The van der Waals surface area contributed by atoms with E-state index in [1.165, 1.54) is 19.3 Å². The lowest BCUT2D eigenvalue weighted by atomic mass is 10.2. The number of rotatable bonds is 5. The Kier molecular flexibility index (Phi) is 6.28. The zero-order chi connectivity index (χ0) is 17.5. The van der Waals surface area contributed by atoms with Crippen molar-refractivity contribution in [3.05, 3.63) is 46.5 Å². The van der Waals surface area contributed by atoms with Gasteiger partial charge in [-0.05, 0) is 37.5 Å². The number of aliphatic imine (C=N–C) groups is 1. The van der Waals surface area contributed by atoms with Gasteiger partial charge in [-0.1, -0.05) is 30.2 Å². The highest BCUT2D eigenvalue weighted by Gasteiger charge is 2.14. The molecule has 0 radical (unpaired) electrons. The minimum Gasteiger partial charge on any atom is -0.357 e. The Balaban J connectivity index is 1.64. The Hall–Kier alpha value is -2.08. The van der Waals surface area contributed by atoms with Crippen molar-refractivity contribution in [2.75, 3.05) is 6.54 Å². The van der Waals surface area contributed by atoms with Crippen LogP contribution >= 0.6 is 11.6 Å². The zero-order valence-corrected chi connectivity index (χ0v) is 15.4. The zero-order valence-electron chi connectivity index (χ0n) is 14.6. The lowest BCUT2D eigenvalue weighted by molar-refractivity contribution is 0.596. The maximum Gasteiger partial charge on any atom is 0.191 e. The average molecular weight is 361 g/mol. The van der Waals surface area contributed by atoms with Crippen LogP contribution < -0.4 is 10.6 Å². The number of benzene rings is 1. The van der Waals surface area contributed by atoms with Gasteiger partial charge in [-0.25, -0.2) is 4.99 Å². The number of nitrogens with one attached hydrogen (secondary N) is 2. The van der Waals surface area contributed by atoms with Crippen LogP contribution in [0.15, 0.2) is 29.3 Å². The largest absolute Gasteiger partial charge is 0.357 e. The second-order valence-corrected chi connectivity index (χ2v) is 6.61. The first kappa shape index (κ1) is 17.7. The van der Waals surface area contributed by atoms with Crippen LogP contribution in [0.3, 0.4) is 0 Å². The molecule has 0 atom stereocenters. The van der Waals surface area contributed by atoms with Gasteiger partial charge in [0.1, 0.15) is 5.82 Å². The number of guanidine groups is 1. The van der Waals surface area contributed by atoms with Gasteiger partial charge in [-0.3, -0.25) is 0 Å². The van der Waals surface area contributed by atoms with Gasteiger partial charge < -0.3 is 15.2 Å². The topological polar surface area (TPSA) is 67.1 Å². The summed E-state index contributed by atoms with van der Waals surface area (Å²) in [4.78, 5) is 4.63. The summed E-state index contributed by atoms with van der Waals surface area (Å²) in [5, 5.41) is 16.1. The summed E-state index contributed by atoms with van der Waals surface area (Å²) in [5.74, 6) is 2.86. The van der Waals surface area contributed by atoms with Gasteiger partial charge in [0.15, 0.2) is 11.8 Å². The molecule has 1 aliphatic heterocycles. The first-order chi connectivity index (χ1) is 12.3. The van der Waals surface area contributed by atoms with Crippen molar-refractivity contribution in [2.45, 2.75) is 52.2 Å². The van der Waals surface area contributed by atoms with E-state index in [1.54, 1.807) is 0 Å². The van der Waals surface area contributed by atoms with E-state index in [9.17, 15) is 0 Å². The molecule has 0 bridgehead atoms. The molecule has 3 rings (SSSR count). The van der Waals surface area contributed by atoms with Gasteiger partial charge in [0.25, 0.3) is 0 Å². The Morgan fingerprint density at radius 3 is 3.00 bits per heavy atom. The minimum absolute atomic E-state index is 0.577. The molecule has 7 heteroatoms. The highest BCUT2D eigenvalue weighted by molar-refractivity contribution is 6.30. The molecule has 6 nitrogen and oxygen atoms in total. The van der Waals surface area contributed by atoms with Gasteiger partial charge in [-0.2, -0.15) is 0 Å². The number of hydrogen-bond donors (Lipinski definition) is 2. The van der Waals surface area contributed by atoms with Gasteiger partial charge in [0.05, 0.1) is 13.1 Å². The quantitative estimate of drug-likeness (QED) is 0.635. The molecule has 25 heavy (non-hydrogen) atoms. The van der Waals surface area contributed by atoms with E-state index >= 15 is 0 Å². The lowest BCUT2D eigenvalue weighted by Crippen LogP contribution is -2.37. The molecule has 0 fully saturated rings. The molecule has 0 aliphatic carbocycles. The van der Waals surface area contributed by atoms with Crippen LogP contribution in [0.5, 0.6) is 0 Å². The molecule has 1 aliphatic rings. The van der Waals surface area contributed by atoms with Gasteiger partial charge in [-0.15, -0.1) is 10.2 Å². The van der Waals surface area contributed by atoms with Crippen LogP contribution in [0.4, 0.5) is 0 Å². The number of halogens is 1. The average Bonchev–Trinajstić information content (AvgIpc) is 2.84. The third-order valence-electron chi connectivity index (χ3n) is 4.25. The Labute approximate surface area is 153 Å². The Morgan fingerprint density at radius 1 is 1.24 bits per heavy atom. The molecular formula is C18H25ClN6. The molecule has 1 aromatic carbocycles. The monoisotopic (exact) mass is 360 g/mol. The first-order valence-electron chi connectivity index (χ1n) is 8.94. The highest BCUT2D eigenvalue weighted by Crippen LogP contribution is 2.14. The predicted octanol–water partition coefficient (Wildman–Crippen LogP) is 2.91. The summed E-state index contributed by atoms with van der Waals surface area (Å²) in [6, 6.07) is 7.78. The highest BCUT2D eigenvalue weighted by atomic mass is 35.5. The van der Waals surface area contributed by atoms with Crippen LogP contribution in [0.25, 0.3) is 0 Å². The summed E-state index contributed by atoms with van der Waals surface area (Å²) in [6.07, 6.45) is 4.69. The second kappa shape index (κ2) is 8.85. The van der Waals surface area contributed by atoms with Crippen molar-refractivity contribution in [2.24, 2.45) is 4.99 Å². The molecule has 0 spiro atoms. The van der Waals surface area contributed by atoms with E-state index in [2.05, 4.69) is 37.3 Å². The van der Waals surface area contributed by atoms with Crippen molar-refractivity contribution in [3.63, 3.8) is 0 Å². The van der Waals surface area contributed by atoms with Gasteiger partial charge in [0.2, 0.25) is 0 Å². The van der Waals surface area contributed by atoms with Crippen LogP contribution in [0, 0.1) is 0 Å². The summed E-state index contributed by atoms with van der Waals surface area (Å²) >= 11 is 6.03. The van der Waals surface area contributed by atoms with Crippen LogP contribution in [0.2, 0.25) is 5.02 Å². The molecule has 2 aromatic rings. The summed E-state index contributed by atoms with van der Waals surface area (Å²) in [7, 11) is 0. The number of aromatic nitrogens is 3. The van der Waals surface area contributed by atoms with Gasteiger partial charge in [0, 0.05) is 24.5 Å². The molecule has 2 heterocycles. The fourth-order valence-corrected chi connectivity index (χ4v) is 3.20. The molecular weight excluding hydrogens is 336 g/mol. The molecule has 0 amide bonds. The SMILES string of the molecule is CCNC(=NCc1cccc(Cl)c1)NCc1nnc2n1CCCCC2. The fourth-order valence-electron chi connectivity index (χ4n) is 2.99. The van der Waals surface area contributed by atoms with Crippen LogP contribution in [0.1, 0.15) is 43.4 Å². The molecule has 0 unspecified atom stereocenters. The third kappa shape index (κ3) is 4.95. The number of nitrogens with zero attached hydrogens (tertiary/aromatic N) is 4. The van der Waals surface area contributed by atoms with E-state index in [0.717, 1.165) is 47.7 Å². The number of aryl methyl sites for hydroxylation is 1. The maximum absolute atomic E-state index is 6.03. The van der Waals surface area contributed by atoms with Gasteiger partial charge >= 0.3 is 0 Å². The first-order valence-corrected chi connectivity index (χ1v) is 9.31. The van der Waals surface area contributed by atoms with Crippen molar-refractivity contribution < 1.29 is 0 Å². The fraction of sp³-hybridized carbons (Fsp3) is 0.500. The number of hydrogen-bond acceptors (Lipinski definition) is 3. The molecule has 1 aromatic heterocycles. The van der Waals surface area contributed by atoms with Crippen molar-refractivity contribution >= 4 is 17.6 Å². The van der Waals surface area contributed by atoms with Crippen LogP contribution in [-0.4, -0.2) is 27.3 Å². The van der Waals surface area contributed by atoms with Crippen molar-refractivity contribution in [1.82, 2.24) is 25.4 Å². The third-order valence-corrected chi connectivity index (χ3v) is 4.49. The molecule has 2 N–H and O–H groups in total. The molecule has 134 valence electrons. The summed E-state index contributed by atoms with van der Waals surface area (Å²) in [5.41, 5.74) is 1.08. The smallest absolute Gasteiger partial charge is 0.191 e. The molecule has 0 saturated carbocycles. The van der Waals surface area contributed by atoms with Crippen LogP contribution in [-0.2, 0) is 26.1 Å². The maximum atomic E-state index is 6.03. The Bertz CT molecular complexity index is 724. The standard InChI is InChI=1S/C18H25ClN6/c1-2-20-18(21-12-14-7-6-8-15(19)11-14)22-13-17-24-23-16-9-4-3-5-10-25(16)17/h6-8,11H,2-5,9-10,12-13H2,1H3,(H2,20,21,22). The minimum atomic E-state index is 0.577. The predicted molar refractivity (Wildman–Crippen MR) is 101 cm³/mol. The number of fused-ring (bicyclic) bond motifs is 1. The summed E-state index contributed by atoms with van der Waals surface area (Å²) in [6.45, 7) is 5.07. The van der Waals surface area contributed by atoms with E-state index in [-0.39, 0.29) is 0 Å². The second-order valence-electron chi connectivity index (χ2n) is 6.17.